The van der Waals surface area contributed by atoms with Crippen molar-refractivity contribution in [2.75, 3.05) is 25.0 Å². The zero-order chi connectivity index (χ0) is 15.2. The molecule has 20 heavy (non-hydrogen) atoms. The number of hydrogen-bond donors (Lipinski definition) is 2. The van der Waals surface area contributed by atoms with Crippen molar-refractivity contribution in [1.29, 1.82) is 0 Å². The Morgan fingerprint density at radius 1 is 1.35 bits per heavy atom. The lowest BCUT2D eigenvalue weighted by atomic mass is 9.98. The molecule has 7 heteroatoms. The molecule has 0 saturated carbocycles. The number of rotatable bonds is 6. The Morgan fingerprint density at radius 2 is 2.05 bits per heavy atom. The fourth-order valence-electron chi connectivity index (χ4n) is 1.53. The predicted octanol–water partition coefficient (Wildman–Crippen LogP) is 2.46. The van der Waals surface area contributed by atoms with Crippen molar-refractivity contribution in [2.45, 2.75) is 46.0 Å². The molecule has 0 bridgehead atoms. The molecule has 0 atom stereocenters. The second kappa shape index (κ2) is 7.54. The molecule has 0 aromatic carbocycles. The first-order valence-corrected chi connectivity index (χ1v) is 7.71. The maximum atomic E-state index is 12.1. The highest BCUT2D eigenvalue weighted by Gasteiger charge is 2.21. The second-order valence-corrected chi connectivity index (χ2v) is 6.63. The molecule has 1 aromatic rings. The van der Waals surface area contributed by atoms with Gasteiger partial charge in [-0.05, 0) is 6.42 Å². The van der Waals surface area contributed by atoms with E-state index in [1.54, 1.807) is 4.90 Å². The second-order valence-electron chi connectivity index (χ2n) is 5.66. The zero-order valence-corrected chi connectivity index (χ0v) is 13.5. The highest BCUT2D eigenvalue weighted by atomic mass is 32.1. The van der Waals surface area contributed by atoms with E-state index in [4.69, 9.17) is 5.11 Å². The number of urea groups is 1. The van der Waals surface area contributed by atoms with Gasteiger partial charge in [-0.3, -0.25) is 5.32 Å². The molecule has 0 aliphatic rings. The van der Waals surface area contributed by atoms with E-state index in [1.807, 2.05) is 0 Å². The number of aliphatic hydroxyl groups excluding tert-OH is 1. The maximum absolute atomic E-state index is 12.1. The van der Waals surface area contributed by atoms with Crippen molar-refractivity contribution < 1.29 is 9.90 Å². The first kappa shape index (κ1) is 16.8. The van der Waals surface area contributed by atoms with Crippen LogP contribution in [0.5, 0.6) is 0 Å². The minimum absolute atomic E-state index is 0.0412. The molecule has 0 radical (unpaired) electrons. The molecule has 0 fully saturated rings. The third-order valence-corrected chi connectivity index (χ3v) is 3.98. The molecule has 1 aromatic heterocycles. The number of carbonyl (C=O) groups is 1. The topological polar surface area (TPSA) is 78.4 Å². The summed E-state index contributed by atoms with van der Waals surface area (Å²) in [6, 6.07) is -0.232. The minimum Gasteiger partial charge on any atom is -0.395 e. The van der Waals surface area contributed by atoms with Crippen LogP contribution in [-0.2, 0) is 5.41 Å². The molecule has 0 aliphatic heterocycles. The first-order chi connectivity index (χ1) is 9.38. The van der Waals surface area contributed by atoms with Gasteiger partial charge >= 0.3 is 6.03 Å². The van der Waals surface area contributed by atoms with Gasteiger partial charge in [0.25, 0.3) is 0 Å². The number of aliphatic hydroxyl groups is 1. The van der Waals surface area contributed by atoms with Crippen LogP contribution in [0.2, 0.25) is 0 Å². The molecular formula is C13H24N4O2S. The van der Waals surface area contributed by atoms with Crippen LogP contribution in [0, 0.1) is 0 Å². The van der Waals surface area contributed by atoms with E-state index in [0.29, 0.717) is 18.2 Å². The number of amides is 2. The van der Waals surface area contributed by atoms with E-state index in [-0.39, 0.29) is 18.1 Å². The van der Waals surface area contributed by atoms with Crippen molar-refractivity contribution in [3.63, 3.8) is 0 Å². The van der Waals surface area contributed by atoms with E-state index in [0.717, 1.165) is 17.8 Å². The third-order valence-electron chi connectivity index (χ3n) is 2.72. The van der Waals surface area contributed by atoms with Gasteiger partial charge in [-0.25, -0.2) is 4.79 Å². The summed E-state index contributed by atoms with van der Waals surface area (Å²) in [6.07, 6.45) is 1.92. The summed E-state index contributed by atoms with van der Waals surface area (Å²) < 4.78 is 0. The van der Waals surface area contributed by atoms with E-state index >= 15 is 0 Å². The fourth-order valence-corrected chi connectivity index (χ4v) is 2.32. The summed E-state index contributed by atoms with van der Waals surface area (Å²) in [5.74, 6) is 0. The van der Waals surface area contributed by atoms with Gasteiger partial charge in [0.1, 0.15) is 5.01 Å². The number of carbonyl (C=O) groups excluding carboxylic acids is 1. The van der Waals surface area contributed by atoms with Crippen LogP contribution in [-0.4, -0.2) is 45.9 Å². The van der Waals surface area contributed by atoms with E-state index in [1.165, 1.54) is 11.3 Å². The van der Waals surface area contributed by atoms with Crippen LogP contribution in [0.3, 0.4) is 0 Å². The fraction of sp³-hybridized carbons (Fsp3) is 0.769. The monoisotopic (exact) mass is 300 g/mol. The zero-order valence-electron chi connectivity index (χ0n) is 12.6. The van der Waals surface area contributed by atoms with Crippen molar-refractivity contribution in [3.05, 3.63) is 5.01 Å². The Bertz CT molecular complexity index is 428. The van der Waals surface area contributed by atoms with E-state index in [9.17, 15) is 4.79 Å². The lowest BCUT2D eigenvalue weighted by Crippen LogP contribution is -2.37. The highest BCUT2D eigenvalue weighted by Crippen LogP contribution is 2.27. The van der Waals surface area contributed by atoms with Crippen LogP contribution in [0.4, 0.5) is 9.93 Å². The summed E-state index contributed by atoms with van der Waals surface area (Å²) >= 11 is 1.38. The normalized spacial score (nSPS) is 11.4. The Balaban J connectivity index is 2.65. The van der Waals surface area contributed by atoms with Crippen molar-refractivity contribution in [1.82, 2.24) is 15.1 Å². The predicted molar refractivity (Wildman–Crippen MR) is 81.2 cm³/mol. The van der Waals surface area contributed by atoms with Crippen LogP contribution in [0.15, 0.2) is 0 Å². The average molecular weight is 300 g/mol. The van der Waals surface area contributed by atoms with Gasteiger partial charge in [0, 0.05) is 18.5 Å². The molecule has 1 heterocycles. The van der Waals surface area contributed by atoms with Crippen molar-refractivity contribution in [2.24, 2.45) is 0 Å². The standard InChI is InChI=1S/C13H24N4O2S/c1-5-6-7-17(8-9-18)12(19)14-11-16-15-10(20-11)13(2,3)4/h18H,5-9H2,1-4H3,(H,14,16,19). The quantitative estimate of drug-likeness (QED) is 0.846. The van der Waals surface area contributed by atoms with Gasteiger partial charge < -0.3 is 10.0 Å². The average Bonchev–Trinajstić information content (AvgIpc) is 2.82. The molecule has 114 valence electrons. The summed E-state index contributed by atoms with van der Waals surface area (Å²) in [5.41, 5.74) is -0.0758. The summed E-state index contributed by atoms with van der Waals surface area (Å²) in [5, 5.41) is 21.2. The number of anilines is 1. The molecular weight excluding hydrogens is 276 g/mol. The highest BCUT2D eigenvalue weighted by molar-refractivity contribution is 7.15. The molecule has 6 nitrogen and oxygen atoms in total. The summed E-state index contributed by atoms with van der Waals surface area (Å²) in [4.78, 5) is 13.7. The Labute approximate surface area is 124 Å². The number of nitrogens with one attached hydrogen (secondary N) is 1. The molecule has 0 unspecified atom stereocenters. The van der Waals surface area contributed by atoms with Crippen LogP contribution in [0.1, 0.15) is 45.5 Å². The van der Waals surface area contributed by atoms with Crippen molar-refractivity contribution in [3.8, 4) is 0 Å². The van der Waals surface area contributed by atoms with Gasteiger partial charge in [-0.2, -0.15) is 0 Å². The van der Waals surface area contributed by atoms with Gasteiger partial charge in [0.15, 0.2) is 0 Å². The SMILES string of the molecule is CCCCN(CCO)C(=O)Nc1nnc(C(C)(C)C)s1. The maximum Gasteiger partial charge on any atom is 0.323 e. The Kier molecular flexibility index (Phi) is 6.35. The lowest BCUT2D eigenvalue weighted by molar-refractivity contribution is 0.187. The van der Waals surface area contributed by atoms with Crippen LogP contribution >= 0.6 is 11.3 Å². The lowest BCUT2D eigenvalue weighted by Gasteiger charge is -2.21. The Morgan fingerprint density at radius 3 is 2.55 bits per heavy atom. The molecule has 0 spiro atoms. The number of hydrogen-bond acceptors (Lipinski definition) is 5. The van der Waals surface area contributed by atoms with Gasteiger partial charge in [0.05, 0.1) is 6.61 Å². The summed E-state index contributed by atoms with van der Waals surface area (Å²) in [7, 11) is 0. The largest absolute Gasteiger partial charge is 0.395 e. The van der Waals surface area contributed by atoms with Crippen molar-refractivity contribution >= 4 is 22.5 Å². The van der Waals surface area contributed by atoms with Gasteiger partial charge in [-0.15, -0.1) is 10.2 Å². The minimum atomic E-state index is -0.232. The molecule has 0 aliphatic carbocycles. The third kappa shape index (κ3) is 5.05. The number of aromatic nitrogens is 2. The molecule has 2 N–H and O–H groups in total. The first-order valence-electron chi connectivity index (χ1n) is 6.89. The van der Waals surface area contributed by atoms with Gasteiger partial charge in [-0.1, -0.05) is 45.5 Å². The number of unbranched alkanes of at least 4 members (excludes halogenated alkanes) is 1. The van der Waals surface area contributed by atoms with E-state index in [2.05, 4.69) is 43.2 Å². The van der Waals surface area contributed by atoms with Gasteiger partial charge in [0.2, 0.25) is 5.13 Å². The van der Waals surface area contributed by atoms with Crippen LogP contribution < -0.4 is 5.32 Å². The molecule has 0 saturated heterocycles. The molecule has 1 rings (SSSR count). The smallest absolute Gasteiger partial charge is 0.323 e. The van der Waals surface area contributed by atoms with E-state index < -0.39 is 0 Å². The Hall–Kier alpha value is -1.21. The summed E-state index contributed by atoms with van der Waals surface area (Å²) in [6.45, 7) is 9.15. The van der Waals surface area contributed by atoms with Crippen LogP contribution in [0.25, 0.3) is 0 Å². The molecule has 2 amide bonds. The number of nitrogens with zero attached hydrogens (tertiary/aromatic N) is 3.